The van der Waals surface area contributed by atoms with E-state index < -0.39 is 11.8 Å². The molecular weight excluding hydrogens is 308 g/mol. The van der Waals surface area contributed by atoms with Gasteiger partial charge in [0, 0.05) is 12.2 Å². The van der Waals surface area contributed by atoms with Gasteiger partial charge in [0.05, 0.1) is 11.0 Å². The Morgan fingerprint density at radius 2 is 1.75 bits per heavy atom. The molecule has 2 aliphatic rings. The van der Waals surface area contributed by atoms with Crippen LogP contribution in [0.3, 0.4) is 0 Å². The number of ether oxygens (including phenoxy) is 2. The number of carbonyl (C=O) groups excluding carboxylic acids is 1. The van der Waals surface area contributed by atoms with E-state index in [-0.39, 0.29) is 11.4 Å². The van der Waals surface area contributed by atoms with Crippen molar-refractivity contribution in [2.75, 3.05) is 0 Å². The van der Waals surface area contributed by atoms with E-state index in [4.69, 9.17) is 14.6 Å². The molecule has 5 nitrogen and oxygen atoms in total. The van der Waals surface area contributed by atoms with Gasteiger partial charge in [0.25, 0.3) is 0 Å². The minimum absolute atomic E-state index is 0.228. The topological polar surface area (TPSA) is 72.8 Å². The summed E-state index contributed by atoms with van der Waals surface area (Å²) in [5, 5.41) is 10.5. The first-order valence-electron chi connectivity index (χ1n) is 7.34. The maximum atomic E-state index is 12.2. The molecule has 0 aromatic heterocycles. The Kier molecular flexibility index (Phi) is 3.03. The average molecular weight is 320 g/mol. The highest BCUT2D eigenvalue weighted by molar-refractivity contribution is 6.09. The molecule has 118 valence electrons. The van der Waals surface area contributed by atoms with Crippen LogP contribution < -0.4 is 9.47 Å². The second kappa shape index (κ2) is 5.09. The second-order valence-corrected chi connectivity index (χ2v) is 5.46. The van der Waals surface area contributed by atoms with E-state index in [0.717, 1.165) is 16.8 Å². The van der Waals surface area contributed by atoms with Crippen molar-refractivity contribution >= 4 is 22.5 Å². The predicted molar refractivity (Wildman–Crippen MR) is 86.9 cm³/mol. The zero-order chi connectivity index (χ0) is 16.7. The summed E-state index contributed by atoms with van der Waals surface area (Å²) in [6.07, 6.45) is 6.56. The normalized spacial score (nSPS) is 19.2. The highest BCUT2D eigenvalue weighted by Gasteiger charge is 2.46. The fraction of sp³-hybridized carbons (Fsp3) is 0.0526. The van der Waals surface area contributed by atoms with Gasteiger partial charge in [-0.25, -0.2) is 4.79 Å². The zero-order valence-electron chi connectivity index (χ0n) is 12.4. The molecule has 4 rings (SSSR count). The van der Waals surface area contributed by atoms with E-state index in [1.165, 1.54) is 18.2 Å². The fourth-order valence-electron chi connectivity index (χ4n) is 2.93. The molecule has 2 aromatic rings. The molecule has 0 amide bonds. The summed E-state index contributed by atoms with van der Waals surface area (Å²) in [4.78, 5) is 22.8. The summed E-state index contributed by atoms with van der Waals surface area (Å²) < 4.78 is 12.0. The van der Waals surface area contributed by atoms with Crippen molar-refractivity contribution in [3.8, 4) is 11.5 Å². The number of carboxylic acids is 1. The molecule has 2 aromatic carbocycles. The Bertz CT molecular complexity index is 924. The van der Waals surface area contributed by atoms with Crippen LogP contribution in [0.2, 0.25) is 0 Å². The van der Waals surface area contributed by atoms with E-state index in [2.05, 4.69) is 0 Å². The van der Waals surface area contributed by atoms with E-state index in [0.29, 0.717) is 11.5 Å². The summed E-state index contributed by atoms with van der Waals surface area (Å²) in [6.45, 7) is 0. The Morgan fingerprint density at radius 1 is 1.08 bits per heavy atom. The van der Waals surface area contributed by atoms with Crippen molar-refractivity contribution in [3.63, 3.8) is 0 Å². The highest BCUT2D eigenvalue weighted by Crippen LogP contribution is 2.45. The van der Waals surface area contributed by atoms with Crippen molar-refractivity contribution in [3.05, 3.63) is 72.4 Å². The Morgan fingerprint density at radius 3 is 2.38 bits per heavy atom. The third kappa shape index (κ3) is 2.10. The molecule has 0 fully saturated rings. The van der Waals surface area contributed by atoms with Crippen LogP contribution >= 0.6 is 0 Å². The van der Waals surface area contributed by atoms with Crippen molar-refractivity contribution in [1.82, 2.24) is 0 Å². The fourth-order valence-corrected chi connectivity index (χ4v) is 2.93. The van der Waals surface area contributed by atoms with Crippen LogP contribution in [0.5, 0.6) is 11.5 Å². The number of rotatable bonds is 2. The number of benzene rings is 2. The molecule has 0 bridgehead atoms. The molecule has 0 saturated carbocycles. The Balaban J connectivity index is 1.83. The van der Waals surface area contributed by atoms with Gasteiger partial charge in [-0.15, -0.1) is 0 Å². The molecule has 1 aliphatic heterocycles. The maximum absolute atomic E-state index is 12.2. The SMILES string of the molecule is O=C(O)/C=C/C=C1\C(=O)C=CC12Oc1cccc3cccc(c13)O2. The number of hydrogen-bond acceptors (Lipinski definition) is 4. The molecule has 0 atom stereocenters. The van der Waals surface area contributed by atoms with Gasteiger partial charge in [0.2, 0.25) is 0 Å². The molecule has 5 heteroatoms. The van der Waals surface area contributed by atoms with Crippen molar-refractivity contribution < 1.29 is 24.2 Å². The molecule has 1 spiro atoms. The van der Waals surface area contributed by atoms with Gasteiger partial charge in [-0.1, -0.05) is 30.3 Å². The van der Waals surface area contributed by atoms with Crippen LogP contribution in [0, 0.1) is 0 Å². The van der Waals surface area contributed by atoms with Gasteiger partial charge in [-0.3, -0.25) is 4.79 Å². The quantitative estimate of drug-likeness (QED) is 0.861. The molecule has 1 heterocycles. The number of hydrogen-bond donors (Lipinski definition) is 1. The lowest BCUT2D eigenvalue weighted by Gasteiger charge is -2.35. The Labute approximate surface area is 137 Å². The standard InChI is InChI=1S/C19H12O5/c20-14-10-11-19(13(14)6-3-9-17(21)22)23-15-7-1-4-12-5-2-8-16(24-19)18(12)15/h1-11H,(H,21,22)/b9-3+,13-6+. The van der Waals surface area contributed by atoms with Crippen LogP contribution in [0.25, 0.3) is 10.8 Å². The number of ketones is 1. The van der Waals surface area contributed by atoms with Gasteiger partial charge in [0.1, 0.15) is 11.5 Å². The second-order valence-electron chi connectivity index (χ2n) is 5.46. The minimum Gasteiger partial charge on any atom is -0.478 e. The monoisotopic (exact) mass is 320 g/mol. The predicted octanol–water partition coefficient (Wildman–Crippen LogP) is 3.01. The highest BCUT2D eigenvalue weighted by atomic mass is 16.7. The molecule has 24 heavy (non-hydrogen) atoms. The summed E-state index contributed by atoms with van der Waals surface area (Å²) >= 11 is 0. The zero-order valence-corrected chi connectivity index (χ0v) is 12.4. The molecule has 0 saturated heterocycles. The first-order chi connectivity index (χ1) is 11.6. The van der Waals surface area contributed by atoms with Crippen LogP contribution in [0.1, 0.15) is 0 Å². The smallest absolute Gasteiger partial charge is 0.328 e. The van der Waals surface area contributed by atoms with Crippen molar-refractivity contribution in [2.24, 2.45) is 0 Å². The van der Waals surface area contributed by atoms with Crippen LogP contribution in [-0.2, 0) is 9.59 Å². The van der Waals surface area contributed by atoms with Gasteiger partial charge >= 0.3 is 11.8 Å². The van der Waals surface area contributed by atoms with E-state index in [1.54, 1.807) is 6.08 Å². The average Bonchev–Trinajstić information content (AvgIpc) is 2.84. The first kappa shape index (κ1) is 14.3. The first-order valence-corrected chi connectivity index (χ1v) is 7.34. The lowest BCUT2D eigenvalue weighted by atomic mass is 10.0. The van der Waals surface area contributed by atoms with Crippen molar-refractivity contribution in [2.45, 2.75) is 5.79 Å². The lowest BCUT2D eigenvalue weighted by molar-refractivity contribution is -0.131. The third-order valence-electron chi connectivity index (χ3n) is 3.95. The third-order valence-corrected chi connectivity index (χ3v) is 3.95. The number of allylic oxidation sites excluding steroid dienone is 3. The largest absolute Gasteiger partial charge is 0.478 e. The van der Waals surface area contributed by atoms with E-state index in [9.17, 15) is 9.59 Å². The van der Waals surface area contributed by atoms with Crippen LogP contribution in [0.4, 0.5) is 0 Å². The minimum atomic E-state index is -1.37. The van der Waals surface area contributed by atoms with Gasteiger partial charge < -0.3 is 14.6 Å². The summed E-state index contributed by atoms with van der Waals surface area (Å²) in [5.41, 5.74) is 0.228. The number of carbonyl (C=O) groups is 2. The summed E-state index contributed by atoms with van der Waals surface area (Å²) in [7, 11) is 0. The lowest BCUT2D eigenvalue weighted by Crippen LogP contribution is -2.43. The van der Waals surface area contributed by atoms with Gasteiger partial charge in [-0.2, -0.15) is 0 Å². The van der Waals surface area contributed by atoms with Crippen LogP contribution in [0.15, 0.2) is 72.4 Å². The van der Waals surface area contributed by atoms with E-state index >= 15 is 0 Å². The van der Waals surface area contributed by atoms with Crippen molar-refractivity contribution in [1.29, 1.82) is 0 Å². The Hall–Kier alpha value is -3.34. The molecular formula is C19H12O5. The number of aliphatic carboxylic acids is 1. The molecule has 0 unspecified atom stereocenters. The molecule has 1 aliphatic carbocycles. The van der Waals surface area contributed by atoms with E-state index in [1.807, 2.05) is 36.4 Å². The molecule has 0 radical (unpaired) electrons. The molecule has 1 N–H and O–H groups in total. The van der Waals surface area contributed by atoms with Gasteiger partial charge in [-0.05, 0) is 29.7 Å². The maximum Gasteiger partial charge on any atom is 0.328 e. The van der Waals surface area contributed by atoms with Gasteiger partial charge in [0.15, 0.2) is 5.78 Å². The number of carboxylic acid groups (broad SMARTS) is 1. The summed E-state index contributed by atoms with van der Waals surface area (Å²) in [5.74, 6) is -1.53. The van der Waals surface area contributed by atoms with Crippen LogP contribution in [-0.4, -0.2) is 22.6 Å². The summed E-state index contributed by atoms with van der Waals surface area (Å²) in [6, 6.07) is 11.3.